The maximum atomic E-state index is 12.4. The Hall–Kier alpha value is -1.31. The summed E-state index contributed by atoms with van der Waals surface area (Å²) in [6.45, 7) is 8.14. The summed E-state index contributed by atoms with van der Waals surface area (Å²) >= 11 is 0. The molecule has 1 aromatic heterocycles. The molecular weight excluding hydrogens is 387 g/mol. The van der Waals surface area contributed by atoms with Gasteiger partial charge in [-0.2, -0.15) is 0 Å². The number of fused-ring (bicyclic) bond motifs is 1. The zero-order chi connectivity index (χ0) is 17.9. The minimum absolute atomic E-state index is 0. The minimum Gasteiger partial charge on any atom is -0.379 e. The quantitative estimate of drug-likeness (QED) is 0.673. The van der Waals surface area contributed by atoms with Gasteiger partial charge in [0.15, 0.2) is 0 Å². The predicted octanol–water partition coefficient (Wildman–Crippen LogP) is 2.11. The third-order valence-electron chi connectivity index (χ3n) is 5.01. The second kappa shape index (κ2) is 10.3. The number of amides is 1. The van der Waals surface area contributed by atoms with Gasteiger partial charge < -0.3 is 20.8 Å². The number of aromatic nitrogens is 1. The van der Waals surface area contributed by atoms with Crippen molar-refractivity contribution in [2.45, 2.75) is 31.8 Å². The zero-order valence-electron chi connectivity index (χ0n) is 15.9. The van der Waals surface area contributed by atoms with E-state index >= 15 is 0 Å². The van der Waals surface area contributed by atoms with E-state index in [0.29, 0.717) is 13.0 Å². The zero-order valence-corrected chi connectivity index (χ0v) is 17.5. The number of hydrogen-bond acceptors (Lipinski definition) is 4. The number of nitrogens with two attached hydrogens (primary N) is 1. The van der Waals surface area contributed by atoms with Gasteiger partial charge in [-0.15, -0.1) is 24.8 Å². The van der Waals surface area contributed by atoms with E-state index in [1.54, 1.807) is 0 Å². The molecule has 1 atom stereocenters. The van der Waals surface area contributed by atoms with E-state index in [1.807, 2.05) is 30.5 Å². The molecular formula is C19H30Cl2N4O2. The molecule has 1 fully saturated rings. The van der Waals surface area contributed by atoms with Crippen molar-refractivity contribution < 1.29 is 9.53 Å². The molecule has 0 saturated carbocycles. The minimum atomic E-state index is -0.556. The van der Waals surface area contributed by atoms with Gasteiger partial charge in [-0.1, -0.05) is 18.2 Å². The lowest BCUT2D eigenvalue weighted by molar-refractivity contribution is -0.123. The van der Waals surface area contributed by atoms with Crippen LogP contribution < -0.4 is 11.1 Å². The molecule has 0 spiro atoms. The molecule has 1 amide bonds. The number of hydrogen-bond donors (Lipinski definition) is 3. The van der Waals surface area contributed by atoms with Gasteiger partial charge in [0.1, 0.15) is 0 Å². The van der Waals surface area contributed by atoms with Crippen molar-refractivity contribution in [3.8, 4) is 0 Å². The topological polar surface area (TPSA) is 83.4 Å². The van der Waals surface area contributed by atoms with Crippen LogP contribution in [0.3, 0.4) is 0 Å². The van der Waals surface area contributed by atoms with Crippen LogP contribution >= 0.6 is 24.8 Å². The fraction of sp³-hybridized carbons (Fsp3) is 0.526. The van der Waals surface area contributed by atoms with Gasteiger partial charge in [0.25, 0.3) is 0 Å². The Morgan fingerprint density at radius 3 is 2.67 bits per heavy atom. The molecule has 1 saturated heterocycles. The molecule has 8 heteroatoms. The summed E-state index contributed by atoms with van der Waals surface area (Å²) in [6.07, 6.45) is 2.46. The maximum absolute atomic E-state index is 12.4. The predicted molar refractivity (Wildman–Crippen MR) is 114 cm³/mol. The lowest BCUT2D eigenvalue weighted by Crippen LogP contribution is -2.56. The molecule has 0 bridgehead atoms. The highest BCUT2D eigenvalue weighted by Gasteiger charge is 2.29. The number of para-hydroxylation sites is 1. The number of halogens is 2. The number of aromatic amines is 1. The first-order valence-electron chi connectivity index (χ1n) is 8.88. The molecule has 3 rings (SSSR count). The average Bonchev–Trinajstić information content (AvgIpc) is 3.03. The highest BCUT2D eigenvalue weighted by molar-refractivity contribution is 5.86. The number of nitrogens with one attached hydrogen (secondary N) is 2. The van der Waals surface area contributed by atoms with Crippen LogP contribution in [-0.4, -0.2) is 60.2 Å². The molecule has 1 aliphatic rings. The summed E-state index contributed by atoms with van der Waals surface area (Å²) in [5.74, 6) is -0.105. The monoisotopic (exact) mass is 416 g/mol. The highest BCUT2D eigenvalue weighted by Crippen LogP contribution is 2.19. The van der Waals surface area contributed by atoms with Gasteiger partial charge >= 0.3 is 0 Å². The summed E-state index contributed by atoms with van der Waals surface area (Å²) in [5, 5.41) is 4.15. The fourth-order valence-electron chi connectivity index (χ4n) is 3.35. The largest absolute Gasteiger partial charge is 0.379 e. The maximum Gasteiger partial charge on any atom is 0.237 e. The summed E-state index contributed by atoms with van der Waals surface area (Å²) in [4.78, 5) is 18.0. The Labute approximate surface area is 173 Å². The summed E-state index contributed by atoms with van der Waals surface area (Å²) < 4.78 is 5.40. The molecule has 0 radical (unpaired) electrons. The molecule has 2 aromatic rings. The normalized spacial score (nSPS) is 16.3. The Balaban J connectivity index is 0.00000182. The molecule has 27 heavy (non-hydrogen) atoms. The molecule has 1 aromatic carbocycles. The van der Waals surface area contributed by atoms with E-state index < -0.39 is 6.04 Å². The van der Waals surface area contributed by atoms with Gasteiger partial charge in [-0.25, -0.2) is 0 Å². The van der Waals surface area contributed by atoms with Crippen LogP contribution in [0, 0.1) is 0 Å². The van der Waals surface area contributed by atoms with Gasteiger partial charge in [0.2, 0.25) is 5.91 Å². The Morgan fingerprint density at radius 1 is 1.30 bits per heavy atom. The Morgan fingerprint density at radius 2 is 1.96 bits per heavy atom. The number of ether oxygens (including phenoxy) is 1. The van der Waals surface area contributed by atoms with Crippen LogP contribution in [-0.2, 0) is 16.0 Å². The fourth-order valence-corrected chi connectivity index (χ4v) is 3.35. The molecule has 152 valence electrons. The SMILES string of the molecule is CC(C)(CNC(=O)[C@@H](N)Cc1c[nH]c2ccccc12)N1CCOCC1.Cl.Cl. The molecule has 2 heterocycles. The first-order valence-corrected chi connectivity index (χ1v) is 8.88. The van der Waals surface area contributed by atoms with Crippen LogP contribution in [0.1, 0.15) is 19.4 Å². The smallest absolute Gasteiger partial charge is 0.237 e. The van der Waals surface area contributed by atoms with Gasteiger partial charge in [0.05, 0.1) is 19.3 Å². The van der Waals surface area contributed by atoms with Gasteiger partial charge in [-0.3, -0.25) is 9.69 Å². The molecule has 6 nitrogen and oxygen atoms in total. The van der Waals surface area contributed by atoms with Crippen molar-refractivity contribution in [1.29, 1.82) is 0 Å². The number of carbonyl (C=O) groups is 1. The lowest BCUT2D eigenvalue weighted by Gasteiger charge is -2.41. The van der Waals surface area contributed by atoms with Gasteiger partial charge in [-0.05, 0) is 31.9 Å². The van der Waals surface area contributed by atoms with Crippen molar-refractivity contribution in [2.75, 3.05) is 32.8 Å². The van der Waals surface area contributed by atoms with Crippen molar-refractivity contribution in [1.82, 2.24) is 15.2 Å². The van der Waals surface area contributed by atoms with Crippen LogP contribution in [0.25, 0.3) is 10.9 Å². The van der Waals surface area contributed by atoms with Crippen LogP contribution in [0.5, 0.6) is 0 Å². The molecule has 4 N–H and O–H groups in total. The van der Waals surface area contributed by atoms with Crippen molar-refractivity contribution in [2.24, 2.45) is 5.73 Å². The summed E-state index contributed by atoms with van der Waals surface area (Å²) in [5.41, 5.74) is 8.18. The molecule has 1 aliphatic heterocycles. The summed E-state index contributed by atoms with van der Waals surface area (Å²) in [6, 6.07) is 7.50. The number of carbonyl (C=O) groups excluding carboxylic acids is 1. The second-order valence-corrected chi connectivity index (χ2v) is 7.30. The van der Waals surface area contributed by atoms with Crippen LogP contribution in [0.2, 0.25) is 0 Å². The van der Waals surface area contributed by atoms with Gasteiger partial charge in [0, 0.05) is 42.3 Å². The third kappa shape index (κ3) is 5.83. The Kier molecular flexibility index (Phi) is 9.05. The van der Waals surface area contributed by atoms with Crippen molar-refractivity contribution >= 4 is 41.6 Å². The number of rotatable bonds is 6. The second-order valence-electron chi connectivity index (χ2n) is 7.30. The van der Waals surface area contributed by atoms with E-state index in [1.165, 1.54) is 0 Å². The Bertz CT molecular complexity index is 729. The van der Waals surface area contributed by atoms with E-state index in [0.717, 1.165) is 42.8 Å². The van der Waals surface area contributed by atoms with E-state index in [2.05, 4.69) is 29.0 Å². The molecule has 0 aliphatic carbocycles. The number of benzene rings is 1. The first-order chi connectivity index (χ1) is 12.0. The standard InChI is InChI=1S/C19H28N4O2.2ClH/c1-19(2,23-7-9-25-10-8-23)13-22-18(24)16(20)11-14-12-21-17-6-4-3-5-15(14)17;;/h3-6,12,16,21H,7-11,13,20H2,1-2H3,(H,22,24);2*1H/t16-;;/m0../s1. The number of H-pyrrole nitrogens is 1. The van der Waals surface area contributed by atoms with E-state index in [-0.39, 0.29) is 36.3 Å². The van der Waals surface area contributed by atoms with Crippen molar-refractivity contribution in [3.05, 3.63) is 36.0 Å². The summed E-state index contributed by atoms with van der Waals surface area (Å²) in [7, 11) is 0. The van der Waals surface area contributed by atoms with Crippen LogP contribution in [0.4, 0.5) is 0 Å². The number of morpholine rings is 1. The average molecular weight is 417 g/mol. The highest BCUT2D eigenvalue weighted by atomic mass is 35.5. The first kappa shape index (κ1) is 23.7. The van der Waals surface area contributed by atoms with E-state index in [9.17, 15) is 4.79 Å². The number of nitrogens with zero attached hydrogens (tertiary/aromatic N) is 1. The van der Waals surface area contributed by atoms with E-state index in [4.69, 9.17) is 10.5 Å². The van der Waals surface area contributed by atoms with Crippen LogP contribution in [0.15, 0.2) is 30.5 Å². The van der Waals surface area contributed by atoms with Crippen molar-refractivity contribution in [3.63, 3.8) is 0 Å². The molecule has 0 unspecified atom stereocenters. The lowest BCUT2D eigenvalue weighted by atomic mass is 10.0. The third-order valence-corrected chi connectivity index (χ3v) is 5.01.